The summed E-state index contributed by atoms with van der Waals surface area (Å²) in [5.41, 5.74) is 2.14. The number of benzene rings is 1. The SMILES string of the molecule is Cc1cc(C2CCNC2)cc(O)c1Cl. The fourth-order valence-corrected chi connectivity index (χ4v) is 2.06. The fraction of sp³-hybridized carbons (Fsp3) is 0.455. The molecule has 0 aromatic heterocycles. The summed E-state index contributed by atoms with van der Waals surface area (Å²) in [6.45, 7) is 3.99. The zero-order valence-electron chi connectivity index (χ0n) is 8.18. The van der Waals surface area contributed by atoms with Crippen molar-refractivity contribution in [3.8, 4) is 5.75 Å². The Morgan fingerprint density at radius 1 is 1.50 bits per heavy atom. The van der Waals surface area contributed by atoms with Crippen LogP contribution in [0.25, 0.3) is 0 Å². The van der Waals surface area contributed by atoms with Crippen molar-refractivity contribution >= 4 is 11.6 Å². The van der Waals surface area contributed by atoms with E-state index >= 15 is 0 Å². The molecule has 1 aromatic rings. The molecule has 0 spiro atoms. The molecule has 1 unspecified atom stereocenters. The lowest BCUT2D eigenvalue weighted by Crippen LogP contribution is -2.08. The third-order valence-corrected chi connectivity index (χ3v) is 3.28. The summed E-state index contributed by atoms with van der Waals surface area (Å²) in [4.78, 5) is 0. The molecule has 3 heteroatoms. The zero-order chi connectivity index (χ0) is 10.1. The normalized spacial score (nSPS) is 21.4. The van der Waals surface area contributed by atoms with Crippen LogP contribution in [-0.4, -0.2) is 18.2 Å². The van der Waals surface area contributed by atoms with Crippen molar-refractivity contribution in [2.75, 3.05) is 13.1 Å². The number of rotatable bonds is 1. The largest absolute Gasteiger partial charge is 0.506 e. The van der Waals surface area contributed by atoms with Crippen LogP contribution in [0.1, 0.15) is 23.5 Å². The number of hydrogen-bond donors (Lipinski definition) is 2. The van der Waals surface area contributed by atoms with Gasteiger partial charge in [-0.2, -0.15) is 0 Å². The summed E-state index contributed by atoms with van der Waals surface area (Å²) in [7, 11) is 0. The van der Waals surface area contributed by atoms with Crippen molar-refractivity contribution in [3.63, 3.8) is 0 Å². The lowest BCUT2D eigenvalue weighted by atomic mass is 9.96. The first-order chi connectivity index (χ1) is 6.68. The van der Waals surface area contributed by atoms with E-state index in [1.165, 1.54) is 5.56 Å². The maximum absolute atomic E-state index is 9.59. The molecule has 0 amide bonds. The van der Waals surface area contributed by atoms with Gasteiger partial charge in [0.25, 0.3) is 0 Å². The van der Waals surface area contributed by atoms with Crippen molar-refractivity contribution in [1.82, 2.24) is 5.32 Å². The quantitative estimate of drug-likeness (QED) is 0.748. The van der Waals surface area contributed by atoms with Crippen molar-refractivity contribution in [2.45, 2.75) is 19.3 Å². The number of hydrogen-bond acceptors (Lipinski definition) is 2. The van der Waals surface area contributed by atoms with E-state index < -0.39 is 0 Å². The van der Waals surface area contributed by atoms with Gasteiger partial charge in [-0.1, -0.05) is 17.7 Å². The molecule has 1 aliphatic heterocycles. The summed E-state index contributed by atoms with van der Waals surface area (Å²) >= 11 is 5.89. The summed E-state index contributed by atoms with van der Waals surface area (Å²) < 4.78 is 0. The molecular formula is C11H14ClNO. The van der Waals surface area contributed by atoms with Gasteiger partial charge in [-0.15, -0.1) is 0 Å². The van der Waals surface area contributed by atoms with Crippen LogP contribution in [0.2, 0.25) is 5.02 Å². The topological polar surface area (TPSA) is 32.3 Å². The Morgan fingerprint density at radius 2 is 2.29 bits per heavy atom. The standard InChI is InChI=1S/C11H14ClNO/c1-7-4-9(5-10(14)11(7)12)8-2-3-13-6-8/h4-5,8,13-14H,2-3,6H2,1H3. The Morgan fingerprint density at radius 3 is 2.86 bits per heavy atom. The highest BCUT2D eigenvalue weighted by molar-refractivity contribution is 6.32. The molecule has 2 nitrogen and oxygen atoms in total. The molecule has 1 atom stereocenters. The van der Waals surface area contributed by atoms with Crippen LogP contribution < -0.4 is 5.32 Å². The number of phenolic OH excluding ortho intramolecular Hbond substituents is 1. The fourth-order valence-electron chi connectivity index (χ4n) is 1.95. The Balaban J connectivity index is 2.34. The molecule has 2 N–H and O–H groups in total. The van der Waals surface area contributed by atoms with Crippen LogP contribution >= 0.6 is 11.6 Å². The average Bonchev–Trinajstić information content (AvgIpc) is 2.66. The second kappa shape index (κ2) is 3.79. The van der Waals surface area contributed by atoms with Crippen LogP contribution in [0.3, 0.4) is 0 Å². The van der Waals surface area contributed by atoms with Crippen LogP contribution in [0.15, 0.2) is 12.1 Å². The number of halogens is 1. The third-order valence-electron chi connectivity index (χ3n) is 2.79. The highest BCUT2D eigenvalue weighted by Crippen LogP contribution is 2.32. The average molecular weight is 212 g/mol. The van der Waals surface area contributed by atoms with Gasteiger partial charge in [0, 0.05) is 6.54 Å². The van der Waals surface area contributed by atoms with E-state index in [0.29, 0.717) is 10.9 Å². The van der Waals surface area contributed by atoms with Crippen LogP contribution in [0.4, 0.5) is 0 Å². The van der Waals surface area contributed by atoms with Gasteiger partial charge in [0.15, 0.2) is 0 Å². The van der Waals surface area contributed by atoms with Crippen LogP contribution in [-0.2, 0) is 0 Å². The molecule has 2 rings (SSSR count). The van der Waals surface area contributed by atoms with E-state index in [-0.39, 0.29) is 5.75 Å². The Bertz CT molecular complexity index is 322. The molecule has 14 heavy (non-hydrogen) atoms. The molecule has 76 valence electrons. The molecule has 0 radical (unpaired) electrons. The maximum Gasteiger partial charge on any atom is 0.134 e. The monoisotopic (exact) mass is 211 g/mol. The predicted molar refractivity (Wildman–Crippen MR) is 58.1 cm³/mol. The highest BCUT2D eigenvalue weighted by atomic mass is 35.5. The van der Waals surface area contributed by atoms with Crippen molar-refractivity contribution in [2.24, 2.45) is 0 Å². The lowest BCUT2D eigenvalue weighted by molar-refractivity contribution is 0.473. The minimum Gasteiger partial charge on any atom is -0.506 e. The maximum atomic E-state index is 9.59. The molecule has 1 aromatic carbocycles. The Labute approximate surface area is 88.9 Å². The highest BCUT2D eigenvalue weighted by Gasteiger charge is 2.18. The van der Waals surface area contributed by atoms with Crippen molar-refractivity contribution in [3.05, 3.63) is 28.3 Å². The molecule has 0 saturated carbocycles. The third kappa shape index (κ3) is 1.72. The van der Waals surface area contributed by atoms with Gasteiger partial charge in [0.05, 0.1) is 5.02 Å². The molecule has 1 heterocycles. The second-order valence-electron chi connectivity index (χ2n) is 3.86. The van der Waals surface area contributed by atoms with Crippen molar-refractivity contribution < 1.29 is 5.11 Å². The first-order valence-corrected chi connectivity index (χ1v) is 5.26. The first kappa shape index (κ1) is 9.81. The molecule has 1 saturated heterocycles. The smallest absolute Gasteiger partial charge is 0.134 e. The lowest BCUT2D eigenvalue weighted by Gasteiger charge is -2.11. The van der Waals surface area contributed by atoms with Gasteiger partial charge in [-0.25, -0.2) is 0 Å². The van der Waals surface area contributed by atoms with Crippen LogP contribution in [0, 0.1) is 6.92 Å². The van der Waals surface area contributed by atoms with Crippen LogP contribution in [0.5, 0.6) is 5.75 Å². The van der Waals surface area contributed by atoms with Gasteiger partial charge < -0.3 is 10.4 Å². The summed E-state index contributed by atoms with van der Waals surface area (Å²) in [6, 6.07) is 3.85. The van der Waals surface area contributed by atoms with Gasteiger partial charge in [-0.05, 0) is 43.0 Å². The summed E-state index contributed by atoms with van der Waals surface area (Å²) in [5.74, 6) is 0.727. The van der Waals surface area contributed by atoms with E-state index in [2.05, 4.69) is 11.4 Å². The summed E-state index contributed by atoms with van der Waals surface area (Å²) in [6.07, 6.45) is 1.14. The number of nitrogens with one attached hydrogen (secondary N) is 1. The Kier molecular flexibility index (Phi) is 2.66. The zero-order valence-corrected chi connectivity index (χ0v) is 8.93. The first-order valence-electron chi connectivity index (χ1n) is 4.88. The van der Waals surface area contributed by atoms with Gasteiger partial charge in [0.2, 0.25) is 0 Å². The summed E-state index contributed by atoms with van der Waals surface area (Å²) in [5, 5.41) is 13.4. The van der Waals surface area contributed by atoms with Gasteiger partial charge in [-0.3, -0.25) is 0 Å². The van der Waals surface area contributed by atoms with Gasteiger partial charge in [0.1, 0.15) is 5.75 Å². The molecule has 0 aliphatic carbocycles. The molecular weight excluding hydrogens is 198 g/mol. The van der Waals surface area contributed by atoms with Crippen molar-refractivity contribution in [1.29, 1.82) is 0 Å². The van der Waals surface area contributed by atoms with E-state index in [0.717, 1.165) is 25.1 Å². The van der Waals surface area contributed by atoms with E-state index in [1.54, 1.807) is 6.07 Å². The number of aromatic hydroxyl groups is 1. The second-order valence-corrected chi connectivity index (χ2v) is 4.24. The molecule has 1 fully saturated rings. The number of phenols is 1. The minimum absolute atomic E-state index is 0.202. The minimum atomic E-state index is 0.202. The molecule has 1 aliphatic rings. The predicted octanol–water partition coefficient (Wildman–Crippen LogP) is 2.43. The van der Waals surface area contributed by atoms with Gasteiger partial charge >= 0.3 is 0 Å². The molecule has 0 bridgehead atoms. The Hall–Kier alpha value is -0.730. The van der Waals surface area contributed by atoms with E-state index in [9.17, 15) is 5.11 Å². The van der Waals surface area contributed by atoms with E-state index in [1.807, 2.05) is 6.92 Å². The number of aryl methyl sites for hydroxylation is 1. The van der Waals surface area contributed by atoms with E-state index in [4.69, 9.17) is 11.6 Å².